The maximum Gasteiger partial charge on any atom is 0.319 e. The van der Waals surface area contributed by atoms with E-state index in [1.165, 1.54) is 30.1 Å². The number of anilines is 1. The first-order chi connectivity index (χ1) is 23.3. The average molecular weight is 655 g/mol. The van der Waals surface area contributed by atoms with Gasteiger partial charge in [-0.1, -0.05) is 6.07 Å². The van der Waals surface area contributed by atoms with Crippen LogP contribution in [0.25, 0.3) is 32.9 Å². The summed E-state index contributed by atoms with van der Waals surface area (Å²) in [4.78, 5) is 18.7. The molecule has 10 nitrogen and oxygen atoms in total. The highest BCUT2D eigenvalue weighted by atomic mass is 19.2. The van der Waals surface area contributed by atoms with E-state index in [9.17, 15) is 9.50 Å². The number of phenolic OH excluding ortho intramolecular Hbond substituents is 1. The molecule has 0 saturated carbocycles. The summed E-state index contributed by atoms with van der Waals surface area (Å²) in [5.41, 5.74) is 0.735. The van der Waals surface area contributed by atoms with E-state index >= 15 is 8.78 Å². The van der Waals surface area contributed by atoms with Gasteiger partial charge in [0.2, 0.25) is 0 Å². The van der Waals surface area contributed by atoms with E-state index in [4.69, 9.17) is 9.72 Å². The summed E-state index contributed by atoms with van der Waals surface area (Å²) < 4.78 is 55.0. The molecule has 13 heteroatoms. The second-order valence-electron chi connectivity index (χ2n) is 14.2. The molecule has 3 aromatic heterocycles. The van der Waals surface area contributed by atoms with Gasteiger partial charge in [0.25, 0.3) is 0 Å². The summed E-state index contributed by atoms with van der Waals surface area (Å²) in [6.45, 7) is 3.63. The van der Waals surface area contributed by atoms with E-state index in [0.717, 1.165) is 51.3 Å². The molecule has 4 fully saturated rings. The lowest BCUT2D eigenvalue weighted by Gasteiger charge is -2.35. The molecule has 2 bridgehead atoms. The number of nitrogens with one attached hydrogen (secondary N) is 1. The van der Waals surface area contributed by atoms with Gasteiger partial charge in [-0.15, -0.1) is 0 Å². The Balaban J connectivity index is 1.08. The molecule has 8 heterocycles. The van der Waals surface area contributed by atoms with Crippen molar-refractivity contribution in [3.63, 3.8) is 0 Å². The van der Waals surface area contributed by atoms with E-state index in [-0.39, 0.29) is 44.8 Å². The highest BCUT2D eigenvalue weighted by Gasteiger charge is 2.57. The van der Waals surface area contributed by atoms with Gasteiger partial charge in [0.1, 0.15) is 29.4 Å². The van der Waals surface area contributed by atoms with Crippen LogP contribution in [-0.2, 0) is 6.54 Å². The molecule has 10 rings (SSSR count). The van der Waals surface area contributed by atoms with Gasteiger partial charge in [-0.3, -0.25) is 14.6 Å². The fraction of sp³-hybridized carbons (Fsp3) is 0.429. The molecule has 0 amide bonds. The van der Waals surface area contributed by atoms with Crippen molar-refractivity contribution in [3.8, 4) is 23.0 Å². The molecule has 0 aliphatic carbocycles. The number of aromatic nitrogens is 5. The van der Waals surface area contributed by atoms with Crippen molar-refractivity contribution in [1.29, 1.82) is 0 Å². The third kappa shape index (κ3) is 4.12. The number of nitrogens with zero attached hydrogens (tertiary/aromatic N) is 7. The number of hydrogen-bond donors (Lipinski definition) is 2. The Kier molecular flexibility index (Phi) is 6.09. The molecule has 5 aliphatic rings. The van der Waals surface area contributed by atoms with E-state index in [2.05, 4.69) is 40.9 Å². The summed E-state index contributed by atoms with van der Waals surface area (Å²) in [6, 6.07) is 7.91. The number of aromatic hydroxyl groups is 1. The third-order valence-electron chi connectivity index (χ3n) is 11.4. The minimum Gasteiger partial charge on any atom is -0.508 e. The Morgan fingerprint density at radius 1 is 1.02 bits per heavy atom. The van der Waals surface area contributed by atoms with Gasteiger partial charge in [0.05, 0.1) is 22.7 Å². The lowest BCUT2D eigenvalue weighted by atomic mass is 9.90. The Labute approximate surface area is 273 Å². The van der Waals surface area contributed by atoms with Gasteiger partial charge in [-0.05, 0) is 68.3 Å². The lowest BCUT2D eigenvalue weighted by Crippen LogP contribution is -2.51. The minimum absolute atomic E-state index is 0.0212. The first kappa shape index (κ1) is 28.5. The molecule has 48 heavy (non-hydrogen) atoms. The van der Waals surface area contributed by atoms with Crippen LogP contribution in [0.1, 0.15) is 43.8 Å². The van der Waals surface area contributed by atoms with Gasteiger partial charge in [0, 0.05) is 61.0 Å². The van der Waals surface area contributed by atoms with Crippen LogP contribution in [0.5, 0.6) is 11.8 Å². The Hall–Kier alpha value is -4.49. The number of benzene rings is 2. The van der Waals surface area contributed by atoms with E-state index in [1.54, 1.807) is 0 Å². The molecule has 4 saturated heterocycles. The van der Waals surface area contributed by atoms with Crippen LogP contribution < -0.4 is 15.0 Å². The standard InChI is InChI=1S/C35H33F3N8O2/c36-25-5-2-18-10-22(47)11-23(27(18)28(25)37)30-29(38)31-24(13-39-30)33(44-15-20-3-4-21(16-44)41-20)43-34(42-31)48-17-35-7-1-9-45(35)32-19(12-35)14-46-26(32)6-8-40-46/h2,5-6,8,10-11,13,19-21,32,41,47H,1,3-4,7,9,12,14-17H2. The van der Waals surface area contributed by atoms with Crippen molar-refractivity contribution >= 4 is 27.5 Å². The molecule has 5 aliphatic heterocycles. The quantitative estimate of drug-likeness (QED) is 0.268. The van der Waals surface area contributed by atoms with Crippen molar-refractivity contribution in [3.05, 3.63) is 65.9 Å². The summed E-state index contributed by atoms with van der Waals surface area (Å²) in [5, 5.41) is 19.1. The molecule has 5 atom stereocenters. The number of halogens is 3. The van der Waals surface area contributed by atoms with Gasteiger partial charge >= 0.3 is 6.01 Å². The molecule has 5 aromatic rings. The maximum atomic E-state index is 16.8. The van der Waals surface area contributed by atoms with Crippen LogP contribution in [0, 0.1) is 23.4 Å². The number of phenols is 1. The fourth-order valence-corrected chi connectivity index (χ4v) is 9.47. The van der Waals surface area contributed by atoms with Gasteiger partial charge < -0.3 is 20.1 Å². The molecule has 246 valence electrons. The highest BCUT2D eigenvalue weighted by molar-refractivity contribution is 6.00. The van der Waals surface area contributed by atoms with Crippen LogP contribution in [0.4, 0.5) is 19.0 Å². The van der Waals surface area contributed by atoms with Crippen LogP contribution in [0.15, 0.2) is 42.7 Å². The fourth-order valence-electron chi connectivity index (χ4n) is 9.47. The predicted octanol–water partition coefficient (Wildman–Crippen LogP) is 5.09. The Morgan fingerprint density at radius 3 is 2.73 bits per heavy atom. The zero-order chi connectivity index (χ0) is 32.3. The van der Waals surface area contributed by atoms with E-state index in [1.807, 2.05) is 6.20 Å². The number of fused-ring (bicyclic) bond motifs is 9. The predicted molar refractivity (Wildman–Crippen MR) is 171 cm³/mol. The van der Waals surface area contributed by atoms with E-state index < -0.39 is 17.5 Å². The van der Waals surface area contributed by atoms with Gasteiger partial charge in [-0.25, -0.2) is 13.2 Å². The molecule has 2 aromatic carbocycles. The first-order valence-corrected chi connectivity index (χ1v) is 16.7. The molecule has 0 radical (unpaired) electrons. The smallest absolute Gasteiger partial charge is 0.319 e. The normalized spacial score (nSPS) is 27.6. The summed E-state index contributed by atoms with van der Waals surface area (Å²) in [6.07, 6.45) is 8.48. The monoisotopic (exact) mass is 654 g/mol. The van der Waals surface area contributed by atoms with Crippen LogP contribution in [0.2, 0.25) is 0 Å². The second-order valence-corrected chi connectivity index (χ2v) is 14.2. The number of hydrogen-bond acceptors (Lipinski definition) is 9. The number of rotatable bonds is 5. The SMILES string of the molecule is Oc1cc(-c2ncc3c(N4CC5CCC(C4)N5)nc(OCC45CCCN4C4c6ccnn6CC4C5)nc3c2F)c2c(F)c(F)ccc2c1. The topological polar surface area (TPSA) is 104 Å². The van der Waals surface area contributed by atoms with Crippen molar-refractivity contribution in [2.24, 2.45) is 5.92 Å². The minimum atomic E-state index is -1.14. The zero-order valence-electron chi connectivity index (χ0n) is 26.0. The zero-order valence-corrected chi connectivity index (χ0v) is 26.0. The summed E-state index contributed by atoms with van der Waals surface area (Å²) in [7, 11) is 0. The number of pyridine rings is 1. The van der Waals surface area contributed by atoms with Gasteiger partial charge in [-0.2, -0.15) is 15.1 Å². The van der Waals surface area contributed by atoms with Gasteiger partial charge in [0.15, 0.2) is 17.5 Å². The second kappa shape index (κ2) is 10.3. The van der Waals surface area contributed by atoms with E-state index in [0.29, 0.717) is 54.9 Å². The van der Waals surface area contributed by atoms with Crippen molar-refractivity contribution in [2.75, 3.05) is 31.1 Å². The number of piperazine rings is 1. The molecule has 2 N–H and O–H groups in total. The Morgan fingerprint density at radius 2 is 1.88 bits per heavy atom. The average Bonchev–Trinajstić information content (AvgIpc) is 3.88. The van der Waals surface area contributed by atoms with Crippen LogP contribution in [0.3, 0.4) is 0 Å². The molecule has 5 unspecified atom stereocenters. The van der Waals surface area contributed by atoms with Crippen molar-refractivity contribution in [2.45, 2.75) is 62.3 Å². The number of ether oxygens (including phenoxy) is 1. The van der Waals surface area contributed by atoms with Crippen LogP contribution in [-0.4, -0.2) is 78.6 Å². The van der Waals surface area contributed by atoms with Crippen LogP contribution >= 0.6 is 0 Å². The maximum absolute atomic E-state index is 16.8. The molecular weight excluding hydrogens is 621 g/mol. The summed E-state index contributed by atoms with van der Waals surface area (Å²) in [5.74, 6) is -2.27. The largest absolute Gasteiger partial charge is 0.508 e. The molecular formula is C35H33F3N8O2. The lowest BCUT2D eigenvalue weighted by molar-refractivity contribution is 0.0834. The Bertz CT molecular complexity index is 2130. The third-order valence-corrected chi connectivity index (χ3v) is 11.4. The molecule has 0 spiro atoms. The highest BCUT2D eigenvalue weighted by Crippen LogP contribution is 2.55. The van der Waals surface area contributed by atoms with Crippen molar-refractivity contribution in [1.82, 2.24) is 34.9 Å². The summed E-state index contributed by atoms with van der Waals surface area (Å²) >= 11 is 0. The first-order valence-electron chi connectivity index (χ1n) is 16.7. The van der Waals surface area contributed by atoms with Crippen molar-refractivity contribution < 1.29 is 23.0 Å².